The van der Waals surface area contributed by atoms with E-state index in [-0.39, 0.29) is 6.04 Å². The van der Waals surface area contributed by atoms with Gasteiger partial charge in [0, 0.05) is 12.6 Å². The lowest BCUT2D eigenvalue weighted by atomic mass is 9.71. The fraction of sp³-hybridized carbons (Fsp3) is 1.00. The zero-order valence-corrected chi connectivity index (χ0v) is 12.0. The third-order valence-electron chi connectivity index (χ3n) is 4.33. The third-order valence-corrected chi connectivity index (χ3v) is 4.33. The molecule has 0 spiro atoms. The van der Waals surface area contributed by atoms with Crippen molar-refractivity contribution in [2.75, 3.05) is 6.54 Å². The smallest absolute Gasteiger partial charge is 0.0772 e. The van der Waals surface area contributed by atoms with E-state index in [2.05, 4.69) is 19.2 Å². The minimum atomic E-state index is -0.746. The highest BCUT2D eigenvalue weighted by Crippen LogP contribution is 2.39. The van der Waals surface area contributed by atoms with Crippen molar-refractivity contribution >= 4 is 0 Å². The van der Waals surface area contributed by atoms with E-state index < -0.39 is 11.2 Å². The van der Waals surface area contributed by atoms with Gasteiger partial charge in [0.1, 0.15) is 0 Å². The lowest BCUT2D eigenvalue weighted by molar-refractivity contribution is -0.0343. The maximum atomic E-state index is 10.5. The van der Waals surface area contributed by atoms with E-state index in [1.807, 2.05) is 6.92 Å². The van der Waals surface area contributed by atoms with E-state index in [1.54, 1.807) is 13.8 Å². The van der Waals surface area contributed by atoms with Gasteiger partial charge in [0.05, 0.1) is 11.2 Å². The highest BCUT2D eigenvalue weighted by atomic mass is 16.3. The molecule has 0 bridgehead atoms. The summed E-state index contributed by atoms with van der Waals surface area (Å²) in [6.45, 7) is 10.6. The van der Waals surface area contributed by atoms with Crippen molar-refractivity contribution in [1.82, 2.24) is 5.32 Å². The first kappa shape index (κ1) is 14.9. The second-order valence-corrected chi connectivity index (χ2v) is 7.14. The van der Waals surface area contributed by atoms with Crippen molar-refractivity contribution in [3.05, 3.63) is 0 Å². The molecule has 3 nitrogen and oxygen atoms in total. The van der Waals surface area contributed by atoms with Crippen LogP contribution in [0.1, 0.15) is 60.3 Å². The largest absolute Gasteiger partial charge is 0.389 e. The maximum Gasteiger partial charge on any atom is 0.0772 e. The van der Waals surface area contributed by atoms with Crippen LogP contribution in [0.5, 0.6) is 0 Å². The standard InChI is InChI=1S/C14H29NO2/c1-11(13(4,5)16)15-10-14(17)8-6-12(2,3)7-9-14/h11,15-17H,6-10H2,1-5H3. The monoisotopic (exact) mass is 243 g/mol. The molecule has 0 radical (unpaired) electrons. The SMILES string of the molecule is CC(NCC1(O)CCC(C)(C)CC1)C(C)(C)O. The van der Waals surface area contributed by atoms with Gasteiger partial charge in [0.15, 0.2) is 0 Å². The van der Waals surface area contributed by atoms with Gasteiger partial charge in [-0.3, -0.25) is 0 Å². The lowest BCUT2D eigenvalue weighted by Gasteiger charge is -2.41. The Bertz CT molecular complexity index is 245. The minimum Gasteiger partial charge on any atom is -0.389 e. The summed E-state index contributed by atoms with van der Waals surface area (Å²) < 4.78 is 0. The second-order valence-electron chi connectivity index (χ2n) is 7.14. The van der Waals surface area contributed by atoms with E-state index in [1.165, 1.54) is 0 Å². The third kappa shape index (κ3) is 4.57. The predicted molar refractivity (Wildman–Crippen MR) is 71.0 cm³/mol. The summed E-state index contributed by atoms with van der Waals surface area (Å²) in [7, 11) is 0. The van der Waals surface area contributed by atoms with Crippen LogP contribution in [0.25, 0.3) is 0 Å². The van der Waals surface area contributed by atoms with Crippen LogP contribution in [0.3, 0.4) is 0 Å². The summed E-state index contributed by atoms with van der Waals surface area (Å²) >= 11 is 0. The molecule has 0 aromatic rings. The molecule has 0 aliphatic heterocycles. The van der Waals surface area contributed by atoms with Crippen molar-refractivity contribution in [2.45, 2.75) is 77.5 Å². The topological polar surface area (TPSA) is 52.5 Å². The molecule has 1 unspecified atom stereocenters. The first-order valence-corrected chi connectivity index (χ1v) is 6.72. The molecule has 3 heteroatoms. The van der Waals surface area contributed by atoms with Crippen LogP contribution >= 0.6 is 0 Å². The van der Waals surface area contributed by atoms with Gasteiger partial charge in [-0.05, 0) is 51.9 Å². The molecule has 0 aromatic carbocycles. The van der Waals surface area contributed by atoms with Gasteiger partial charge in [-0.2, -0.15) is 0 Å². The number of nitrogens with one attached hydrogen (secondary N) is 1. The Morgan fingerprint density at radius 3 is 2.06 bits per heavy atom. The number of rotatable bonds is 4. The molecule has 17 heavy (non-hydrogen) atoms. The molecular formula is C14H29NO2. The Morgan fingerprint density at radius 2 is 1.65 bits per heavy atom. The molecule has 0 aromatic heterocycles. The molecule has 1 saturated carbocycles. The van der Waals surface area contributed by atoms with Gasteiger partial charge in [-0.15, -0.1) is 0 Å². The average molecular weight is 243 g/mol. The molecular weight excluding hydrogens is 214 g/mol. The molecule has 0 heterocycles. The Kier molecular flexibility index (Phi) is 4.28. The summed E-state index contributed by atoms with van der Waals surface area (Å²) in [6.07, 6.45) is 3.85. The average Bonchev–Trinajstić information content (AvgIpc) is 2.19. The first-order chi connectivity index (χ1) is 7.54. The number of hydrogen-bond donors (Lipinski definition) is 3. The first-order valence-electron chi connectivity index (χ1n) is 6.72. The van der Waals surface area contributed by atoms with Crippen LogP contribution in [-0.4, -0.2) is 34.0 Å². The summed E-state index contributed by atoms with van der Waals surface area (Å²) in [5.74, 6) is 0. The molecule has 1 rings (SSSR count). The fourth-order valence-corrected chi connectivity index (χ4v) is 2.16. The Hall–Kier alpha value is -0.120. The molecule has 1 aliphatic rings. The quantitative estimate of drug-likeness (QED) is 0.708. The van der Waals surface area contributed by atoms with Crippen LogP contribution in [0.15, 0.2) is 0 Å². The van der Waals surface area contributed by atoms with E-state index in [4.69, 9.17) is 0 Å². The van der Waals surface area contributed by atoms with E-state index >= 15 is 0 Å². The molecule has 1 aliphatic carbocycles. The fourth-order valence-electron chi connectivity index (χ4n) is 2.16. The lowest BCUT2D eigenvalue weighted by Crippen LogP contribution is -2.52. The van der Waals surface area contributed by atoms with Crippen molar-refractivity contribution in [2.24, 2.45) is 5.41 Å². The van der Waals surface area contributed by atoms with Gasteiger partial charge >= 0.3 is 0 Å². The van der Waals surface area contributed by atoms with Gasteiger partial charge in [-0.1, -0.05) is 13.8 Å². The number of hydrogen-bond acceptors (Lipinski definition) is 3. The van der Waals surface area contributed by atoms with E-state index in [0.717, 1.165) is 25.7 Å². The van der Waals surface area contributed by atoms with Gasteiger partial charge in [0.25, 0.3) is 0 Å². The highest BCUT2D eigenvalue weighted by Gasteiger charge is 2.37. The van der Waals surface area contributed by atoms with Gasteiger partial charge < -0.3 is 15.5 Å². The van der Waals surface area contributed by atoms with E-state index in [9.17, 15) is 10.2 Å². The second kappa shape index (κ2) is 4.87. The van der Waals surface area contributed by atoms with E-state index in [0.29, 0.717) is 12.0 Å². The number of aliphatic hydroxyl groups is 2. The zero-order chi connectivity index (χ0) is 13.3. The van der Waals surface area contributed by atoms with Crippen LogP contribution in [0.4, 0.5) is 0 Å². The summed E-state index contributed by atoms with van der Waals surface area (Å²) in [4.78, 5) is 0. The van der Waals surface area contributed by atoms with Crippen LogP contribution < -0.4 is 5.32 Å². The summed E-state index contributed by atoms with van der Waals surface area (Å²) in [5, 5.41) is 23.6. The predicted octanol–water partition coefficient (Wildman–Crippen LogP) is 2.07. The molecule has 3 N–H and O–H groups in total. The van der Waals surface area contributed by atoms with Crippen molar-refractivity contribution < 1.29 is 10.2 Å². The maximum absolute atomic E-state index is 10.5. The van der Waals surface area contributed by atoms with Gasteiger partial charge in [0.2, 0.25) is 0 Å². The molecule has 1 atom stereocenters. The van der Waals surface area contributed by atoms with Crippen molar-refractivity contribution in [3.63, 3.8) is 0 Å². The molecule has 102 valence electrons. The van der Waals surface area contributed by atoms with Crippen LogP contribution in [0.2, 0.25) is 0 Å². The zero-order valence-electron chi connectivity index (χ0n) is 12.0. The highest BCUT2D eigenvalue weighted by molar-refractivity contribution is 4.92. The molecule has 0 saturated heterocycles. The normalized spacial score (nSPS) is 25.6. The summed E-state index contributed by atoms with van der Waals surface area (Å²) in [6, 6.07) is -0.0125. The minimum absolute atomic E-state index is 0.0125. The Labute approximate surface area is 106 Å². The summed E-state index contributed by atoms with van der Waals surface area (Å²) in [5.41, 5.74) is -0.965. The van der Waals surface area contributed by atoms with Crippen LogP contribution in [0, 0.1) is 5.41 Å². The molecule has 0 amide bonds. The van der Waals surface area contributed by atoms with Crippen molar-refractivity contribution in [3.8, 4) is 0 Å². The molecule has 1 fully saturated rings. The Morgan fingerprint density at radius 1 is 1.18 bits per heavy atom. The van der Waals surface area contributed by atoms with Gasteiger partial charge in [-0.25, -0.2) is 0 Å². The Balaban J connectivity index is 2.42. The van der Waals surface area contributed by atoms with Crippen molar-refractivity contribution in [1.29, 1.82) is 0 Å². The van der Waals surface area contributed by atoms with Crippen LogP contribution in [-0.2, 0) is 0 Å².